The average molecular weight is 422 g/mol. The molecule has 0 radical (unpaired) electrons. The summed E-state index contributed by atoms with van der Waals surface area (Å²) in [5.74, 6) is 0.786. The van der Waals surface area contributed by atoms with Crippen LogP contribution in [-0.4, -0.2) is 34.1 Å². The van der Waals surface area contributed by atoms with Crippen molar-refractivity contribution in [1.82, 2.24) is 5.32 Å². The quantitative estimate of drug-likeness (QED) is 0.632. The molecule has 8 nitrogen and oxygen atoms in total. The minimum absolute atomic E-state index is 0.00939. The van der Waals surface area contributed by atoms with Crippen LogP contribution in [0.3, 0.4) is 0 Å². The maximum absolute atomic E-state index is 13.0. The molecule has 0 saturated heterocycles. The Bertz CT molecular complexity index is 967. The number of amides is 1. The van der Waals surface area contributed by atoms with Gasteiger partial charge in [-0.15, -0.1) is 0 Å². The van der Waals surface area contributed by atoms with Crippen LogP contribution in [0, 0.1) is 0 Å². The van der Waals surface area contributed by atoms with E-state index >= 15 is 0 Å². The van der Waals surface area contributed by atoms with E-state index in [9.17, 15) is 13.2 Å². The second-order valence-corrected chi connectivity index (χ2v) is 9.06. The van der Waals surface area contributed by atoms with Crippen molar-refractivity contribution < 1.29 is 22.7 Å². The van der Waals surface area contributed by atoms with E-state index in [1.54, 1.807) is 30.3 Å². The highest BCUT2D eigenvalue weighted by Crippen LogP contribution is 2.31. The molecule has 0 fully saturated rings. The third-order valence-corrected chi connectivity index (χ3v) is 4.92. The molecule has 0 aliphatic heterocycles. The molecule has 158 valence electrons. The number of hydrogen-bond acceptors (Lipinski definition) is 6. The Morgan fingerprint density at radius 1 is 1.00 bits per heavy atom. The summed E-state index contributed by atoms with van der Waals surface area (Å²) in [5.41, 5.74) is 0.770. The summed E-state index contributed by atoms with van der Waals surface area (Å²) < 4.78 is 33.5. The van der Waals surface area contributed by atoms with Gasteiger partial charge in [0, 0.05) is 11.2 Å². The Hall–Kier alpha value is -2.78. The third-order valence-electron chi connectivity index (χ3n) is 4.00. The van der Waals surface area contributed by atoms with Crippen molar-refractivity contribution in [2.75, 3.05) is 19.5 Å². The number of hydrogen-bond donors (Lipinski definition) is 3. The third kappa shape index (κ3) is 6.10. The topological polar surface area (TPSA) is 120 Å². The molecular weight excluding hydrogens is 394 g/mol. The van der Waals surface area contributed by atoms with Crippen LogP contribution in [0.25, 0.3) is 0 Å². The Morgan fingerprint density at radius 2 is 1.59 bits per heavy atom. The van der Waals surface area contributed by atoms with Crippen LogP contribution in [0.1, 0.15) is 32.4 Å². The summed E-state index contributed by atoms with van der Waals surface area (Å²) in [6.07, 6.45) is 0. The predicted molar refractivity (Wildman–Crippen MR) is 112 cm³/mol. The first-order valence-electron chi connectivity index (χ1n) is 8.88. The fourth-order valence-electron chi connectivity index (χ4n) is 2.68. The number of rotatable bonds is 7. The van der Waals surface area contributed by atoms with E-state index in [0.29, 0.717) is 22.7 Å². The molecule has 1 atom stereocenters. The number of ether oxygens (including phenoxy) is 2. The molecule has 0 spiro atoms. The van der Waals surface area contributed by atoms with Crippen molar-refractivity contribution in [2.24, 2.45) is 5.14 Å². The van der Waals surface area contributed by atoms with Gasteiger partial charge in [-0.1, -0.05) is 6.07 Å². The predicted octanol–water partition coefficient (Wildman–Crippen LogP) is 2.42. The molecular formula is C20H27N3O5S. The molecule has 1 unspecified atom stereocenters. The number of nitrogens with two attached hydrogens (primary N) is 1. The molecule has 29 heavy (non-hydrogen) atoms. The van der Waals surface area contributed by atoms with Crippen molar-refractivity contribution in [3.8, 4) is 11.5 Å². The van der Waals surface area contributed by atoms with Crippen LogP contribution >= 0.6 is 0 Å². The van der Waals surface area contributed by atoms with E-state index < -0.39 is 21.6 Å². The SMILES string of the molecule is COc1ccc(C(Nc2ccc(S(N)(=O)=O)cc2)C(=O)NC(C)(C)C)cc1OC. The van der Waals surface area contributed by atoms with Crippen LogP contribution in [0.2, 0.25) is 0 Å². The van der Waals surface area contributed by atoms with Gasteiger partial charge in [0.05, 0.1) is 19.1 Å². The Balaban J connectivity index is 2.41. The minimum Gasteiger partial charge on any atom is -0.493 e. The van der Waals surface area contributed by atoms with Crippen LogP contribution in [-0.2, 0) is 14.8 Å². The molecule has 4 N–H and O–H groups in total. The van der Waals surface area contributed by atoms with E-state index in [4.69, 9.17) is 14.6 Å². The fourth-order valence-corrected chi connectivity index (χ4v) is 3.20. The van der Waals surface area contributed by atoms with Gasteiger partial charge in [-0.25, -0.2) is 13.6 Å². The van der Waals surface area contributed by atoms with Crippen molar-refractivity contribution in [2.45, 2.75) is 37.2 Å². The molecule has 0 aliphatic carbocycles. The first-order valence-corrected chi connectivity index (χ1v) is 10.4. The summed E-state index contributed by atoms with van der Waals surface area (Å²) in [7, 11) is -0.741. The van der Waals surface area contributed by atoms with Crippen molar-refractivity contribution in [1.29, 1.82) is 0 Å². The molecule has 1 amide bonds. The first kappa shape index (κ1) is 22.5. The van der Waals surface area contributed by atoms with E-state index in [1.165, 1.54) is 26.4 Å². The second kappa shape index (κ2) is 8.71. The van der Waals surface area contributed by atoms with E-state index in [0.717, 1.165) is 0 Å². The van der Waals surface area contributed by atoms with E-state index in [1.807, 2.05) is 20.8 Å². The largest absolute Gasteiger partial charge is 0.493 e. The number of anilines is 1. The van der Waals surface area contributed by atoms with Crippen LogP contribution in [0.4, 0.5) is 5.69 Å². The lowest BCUT2D eigenvalue weighted by molar-refractivity contribution is -0.123. The lowest BCUT2D eigenvalue weighted by atomic mass is 10.0. The lowest BCUT2D eigenvalue weighted by Gasteiger charge is -2.27. The van der Waals surface area contributed by atoms with Crippen LogP contribution < -0.4 is 25.2 Å². The monoisotopic (exact) mass is 421 g/mol. The summed E-state index contributed by atoms with van der Waals surface area (Å²) in [4.78, 5) is 13.0. The van der Waals surface area contributed by atoms with E-state index in [2.05, 4.69) is 10.6 Å². The standard InChI is InChI=1S/C20H27N3O5S/c1-20(2,3)23-19(24)18(13-6-11-16(27-4)17(12-13)28-5)22-14-7-9-15(10-8-14)29(21,25)26/h6-12,18,22H,1-5H3,(H,23,24)(H2,21,25,26). The molecule has 2 rings (SSSR count). The summed E-state index contributed by atoms with van der Waals surface area (Å²) in [5, 5.41) is 11.2. The summed E-state index contributed by atoms with van der Waals surface area (Å²) >= 11 is 0. The number of carbonyl (C=O) groups is 1. The Kier molecular flexibility index (Phi) is 6.76. The molecule has 0 heterocycles. The molecule has 0 bridgehead atoms. The lowest BCUT2D eigenvalue weighted by Crippen LogP contribution is -2.44. The number of nitrogens with one attached hydrogen (secondary N) is 2. The minimum atomic E-state index is -3.79. The van der Waals surface area contributed by atoms with Gasteiger partial charge < -0.3 is 20.1 Å². The average Bonchev–Trinajstić information content (AvgIpc) is 2.63. The van der Waals surface area contributed by atoms with Crippen LogP contribution in [0.5, 0.6) is 11.5 Å². The Labute approximate surface area is 171 Å². The van der Waals surface area contributed by atoms with Gasteiger partial charge in [-0.3, -0.25) is 4.79 Å². The van der Waals surface area contributed by atoms with Crippen molar-refractivity contribution in [3.05, 3.63) is 48.0 Å². The maximum atomic E-state index is 13.0. The van der Waals surface area contributed by atoms with Crippen molar-refractivity contribution in [3.63, 3.8) is 0 Å². The van der Waals surface area contributed by atoms with Gasteiger partial charge in [0.25, 0.3) is 0 Å². The molecule has 0 aliphatic rings. The molecule has 0 saturated carbocycles. The highest BCUT2D eigenvalue weighted by atomic mass is 32.2. The van der Waals surface area contributed by atoms with E-state index in [-0.39, 0.29) is 10.8 Å². The van der Waals surface area contributed by atoms with Crippen LogP contribution in [0.15, 0.2) is 47.4 Å². The van der Waals surface area contributed by atoms with Crippen molar-refractivity contribution >= 4 is 21.6 Å². The van der Waals surface area contributed by atoms with Gasteiger partial charge in [0.1, 0.15) is 6.04 Å². The van der Waals surface area contributed by atoms with Gasteiger partial charge in [-0.05, 0) is 62.7 Å². The van der Waals surface area contributed by atoms with Gasteiger partial charge in [0.2, 0.25) is 15.9 Å². The zero-order chi connectivity index (χ0) is 21.8. The first-order chi connectivity index (χ1) is 13.4. The number of primary sulfonamides is 1. The number of carbonyl (C=O) groups excluding carboxylic acids is 1. The molecule has 0 aromatic heterocycles. The normalized spacial score (nSPS) is 12.8. The van der Waals surface area contributed by atoms with Gasteiger partial charge in [-0.2, -0.15) is 0 Å². The number of methoxy groups -OCH3 is 2. The fraction of sp³-hybridized carbons (Fsp3) is 0.350. The molecule has 2 aromatic carbocycles. The molecule has 9 heteroatoms. The zero-order valence-corrected chi connectivity index (χ0v) is 18.0. The zero-order valence-electron chi connectivity index (χ0n) is 17.1. The number of sulfonamides is 1. The summed E-state index contributed by atoms with van der Waals surface area (Å²) in [6, 6.07) is 10.3. The van der Waals surface area contributed by atoms with Gasteiger partial charge >= 0.3 is 0 Å². The molecule has 2 aromatic rings. The van der Waals surface area contributed by atoms with Gasteiger partial charge in [0.15, 0.2) is 11.5 Å². The maximum Gasteiger partial charge on any atom is 0.247 e. The second-order valence-electron chi connectivity index (χ2n) is 7.50. The Morgan fingerprint density at radius 3 is 2.07 bits per heavy atom. The highest BCUT2D eigenvalue weighted by molar-refractivity contribution is 7.89. The smallest absolute Gasteiger partial charge is 0.247 e. The highest BCUT2D eigenvalue weighted by Gasteiger charge is 2.25. The number of benzene rings is 2. The summed E-state index contributed by atoms with van der Waals surface area (Å²) in [6.45, 7) is 5.66.